The van der Waals surface area contributed by atoms with E-state index in [1.165, 1.54) is 250 Å². The molecule has 0 aliphatic heterocycles. The number of carbonyl (C=O) groups excluding carboxylic acids is 2. The minimum atomic E-state index is -0.674. The molecule has 0 aromatic heterocycles. The molecule has 69 heavy (non-hydrogen) atoms. The van der Waals surface area contributed by atoms with Gasteiger partial charge in [-0.2, -0.15) is 0 Å². The van der Waals surface area contributed by atoms with Crippen LogP contribution in [-0.2, 0) is 14.3 Å². The lowest BCUT2D eigenvalue weighted by molar-refractivity contribution is -0.143. The molecule has 0 spiro atoms. The second kappa shape index (κ2) is 58.9. The molecule has 1 amide bonds. The third kappa shape index (κ3) is 55.5. The van der Waals surface area contributed by atoms with Crippen molar-refractivity contribution in [3.05, 3.63) is 24.3 Å². The first kappa shape index (κ1) is 67.3. The Morgan fingerprint density at radius 2 is 0.725 bits per heavy atom. The van der Waals surface area contributed by atoms with Crippen LogP contribution in [-0.4, -0.2) is 47.4 Å². The lowest BCUT2D eigenvalue weighted by atomic mass is 10.0. The van der Waals surface area contributed by atoms with E-state index in [4.69, 9.17) is 4.74 Å². The molecule has 0 aliphatic carbocycles. The van der Waals surface area contributed by atoms with Gasteiger partial charge in [0.15, 0.2) is 0 Å². The molecule has 0 fully saturated rings. The highest BCUT2D eigenvalue weighted by molar-refractivity contribution is 5.76. The first-order valence-corrected chi connectivity index (χ1v) is 31.1. The summed E-state index contributed by atoms with van der Waals surface area (Å²) in [6, 6.07) is -0.553. The van der Waals surface area contributed by atoms with Gasteiger partial charge >= 0.3 is 5.97 Å². The largest absolute Gasteiger partial charge is 0.466 e. The van der Waals surface area contributed by atoms with Gasteiger partial charge in [0.1, 0.15) is 0 Å². The summed E-state index contributed by atoms with van der Waals surface area (Å²) in [6.07, 6.45) is 71.7. The molecular formula is C63H121NO5. The Morgan fingerprint density at radius 3 is 1.12 bits per heavy atom. The van der Waals surface area contributed by atoms with Crippen LogP contribution < -0.4 is 5.32 Å². The summed E-state index contributed by atoms with van der Waals surface area (Å²) in [5.74, 6) is -0.0566. The Labute approximate surface area is 431 Å². The van der Waals surface area contributed by atoms with Crippen LogP contribution >= 0.6 is 0 Å². The maximum absolute atomic E-state index is 12.5. The van der Waals surface area contributed by atoms with Gasteiger partial charge in [0.25, 0.3) is 0 Å². The fraction of sp³-hybridized carbons (Fsp3) is 0.905. The molecule has 0 rings (SSSR count). The summed E-state index contributed by atoms with van der Waals surface area (Å²) in [5, 5.41) is 23.4. The SMILES string of the molecule is CCCCCC/C=C\C/C=C\CCCCCCCCCC(=O)OCCCCCCCCCCCCCCCC(=O)NC(CO)C(O)CCCCCCCCCCCCCCCCCCCCCCC. The van der Waals surface area contributed by atoms with E-state index in [9.17, 15) is 19.8 Å². The van der Waals surface area contributed by atoms with Gasteiger partial charge in [0.2, 0.25) is 5.91 Å². The van der Waals surface area contributed by atoms with Gasteiger partial charge in [-0.05, 0) is 57.8 Å². The lowest BCUT2D eigenvalue weighted by Gasteiger charge is -2.22. The average molecular weight is 973 g/mol. The third-order valence-corrected chi connectivity index (χ3v) is 14.5. The number of amides is 1. The molecule has 0 saturated carbocycles. The molecule has 0 radical (unpaired) electrons. The fourth-order valence-electron chi connectivity index (χ4n) is 9.73. The normalized spacial score (nSPS) is 12.7. The van der Waals surface area contributed by atoms with E-state index in [2.05, 4.69) is 43.5 Å². The standard InChI is InChI=1S/C63H121NO5/c1-3-5-7-9-11-13-15-17-19-21-23-24-25-26-28-31-35-39-43-47-51-55-61(66)60(59-65)64-62(67)56-52-48-44-40-36-32-30-34-38-42-46-50-54-58-69-63(68)57-53-49-45-41-37-33-29-27-22-20-18-16-14-12-10-8-6-4-2/h14,16,20,22,60-61,65-66H,3-13,15,17-19,21,23-59H2,1-2H3,(H,64,67)/b16-14-,22-20-. The summed E-state index contributed by atoms with van der Waals surface area (Å²) >= 11 is 0. The predicted octanol–water partition coefficient (Wildman–Crippen LogP) is 19.4. The zero-order valence-electron chi connectivity index (χ0n) is 46.6. The van der Waals surface area contributed by atoms with Crippen LogP contribution in [0.1, 0.15) is 341 Å². The van der Waals surface area contributed by atoms with Gasteiger partial charge in [-0.15, -0.1) is 0 Å². The van der Waals surface area contributed by atoms with Gasteiger partial charge in [-0.1, -0.05) is 295 Å². The average Bonchev–Trinajstić information content (AvgIpc) is 3.35. The first-order valence-electron chi connectivity index (χ1n) is 31.1. The quantitative estimate of drug-likeness (QED) is 0.0321. The zero-order chi connectivity index (χ0) is 50.0. The van der Waals surface area contributed by atoms with Gasteiger partial charge in [-0.25, -0.2) is 0 Å². The van der Waals surface area contributed by atoms with Gasteiger partial charge in [0, 0.05) is 12.8 Å². The Kier molecular flexibility index (Phi) is 57.5. The molecule has 2 atom stereocenters. The molecule has 0 aromatic rings. The van der Waals surface area contributed by atoms with Crippen LogP contribution in [0.15, 0.2) is 24.3 Å². The van der Waals surface area contributed by atoms with E-state index in [1.807, 2.05) is 0 Å². The van der Waals surface area contributed by atoms with Crippen molar-refractivity contribution in [3.63, 3.8) is 0 Å². The number of rotatable bonds is 58. The zero-order valence-corrected chi connectivity index (χ0v) is 46.6. The number of hydrogen-bond acceptors (Lipinski definition) is 5. The summed E-state index contributed by atoms with van der Waals surface area (Å²) < 4.78 is 5.48. The van der Waals surface area contributed by atoms with Crippen molar-refractivity contribution in [2.45, 2.75) is 353 Å². The molecule has 3 N–H and O–H groups in total. The van der Waals surface area contributed by atoms with Crippen molar-refractivity contribution in [2.75, 3.05) is 13.2 Å². The maximum atomic E-state index is 12.5. The number of nitrogens with one attached hydrogen (secondary N) is 1. The number of aliphatic hydroxyl groups excluding tert-OH is 2. The molecule has 6 heteroatoms. The Balaban J connectivity index is 3.44. The van der Waals surface area contributed by atoms with E-state index >= 15 is 0 Å². The summed E-state index contributed by atoms with van der Waals surface area (Å²) in [7, 11) is 0. The topological polar surface area (TPSA) is 95.9 Å². The number of carbonyl (C=O) groups is 2. The first-order chi connectivity index (χ1) is 34.0. The van der Waals surface area contributed by atoms with Crippen LogP contribution in [0.4, 0.5) is 0 Å². The number of aliphatic hydroxyl groups is 2. The van der Waals surface area contributed by atoms with Gasteiger partial charge in [-0.3, -0.25) is 9.59 Å². The molecule has 0 aromatic carbocycles. The van der Waals surface area contributed by atoms with Crippen molar-refractivity contribution < 1.29 is 24.5 Å². The second-order valence-electron chi connectivity index (χ2n) is 21.4. The van der Waals surface area contributed by atoms with Crippen LogP contribution in [0.25, 0.3) is 0 Å². The van der Waals surface area contributed by atoms with Crippen LogP contribution in [0.5, 0.6) is 0 Å². The van der Waals surface area contributed by atoms with Crippen molar-refractivity contribution >= 4 is 11.9 Å². The van der Waals surface area contributed by atoms with Crippen molar-refractivity contribution in [1.29, 1.82) is 0 Å². The van der Waals surface area contributed by atoms with Gasteiger partial charge < -0.3 is 20.3 Å². The molecule has 2 unspecified atom stereocenters. The maximum Gasteiger partial charge on any atom is 0.305 e. The van der Waals surface area contributed by atoms with Crippen LogP contribution in [0, 0.1) is 0 Å². The molecule has 6 nitrogen and oxygen atoms in total. The van der Waals surface area contributed by atoms with Crippen LogP contribution in [0.2, 0.25) is 0 Å². The molecule has 0 saturated heterocycles. The highest BCUT2D eigenvalue weighted by Gasteiger charge is 2.20. The van der Waals surface area contributed by atoms with Crippen molar-refractivity contribution in [1.82, 2.24) is 5.32 Å². The lowest BCUT2D eigenvalue weighted by Crippen LogP contribution is -2.45. The van der Waals surface area contributed by atoms with E-state index in [0.717, 1.165) is 57.8 Å². The number of allylic oxidation sites excluding steroid dienone is 4. The minimum absolute atomic E-state index is 0.0117. The minimum Gasteiger partial charge on any atom is -0.466 e. The van der Waals surface area contributed by atoms with Crippen LogP contribution in [0.3, 0.4) is 0 Å². The molecule has 0 bridgehead atoms. The van der Waals surface area contributed by atoms with E-state index < -0.39 is 12.1 Å². The summed E-state index contributed by atoms with van der Waals surface area (Å²) in [5.41, 5.74) is 0. The smallest absolute Gasteiger partial charge is 0.305 e. The molecule has 0 heterocycles. The highest BCUT2D eigenvalue weighted by Crippen LogP contribution is 2.18. The Bertz CT molecular complexity index is 1080. The van der Waals surface area contributed by atoms with Gasteiger partial charge in [0.05, 0.1) is 25.4 Å². The van der Waals surface area contributed by atoms with Crippen molar-refractivity contribution in [2.24, 2.45) is 0 Å². The number of hydrogen-bond donors (Lipinski definition) is 3. The van der Waals surface area contributed by atoms with E-state index in [0.29, 0.717) is 25.9 Å². The number of ether oxygens (including phenoxy) is 1. The second-order valence-corrected chi connectivity index (χ2v) is 21.4. The Hall–Kier alpha value is -1.66. The highest BCUT2D eigenvalue weighted by atomic mass is 16.5. The molecule has 408 valence electrons. The third-order valence-electron chi connectivity index (χ3n) is 14.5. The molecular weight excluding hydrogens is 851 g/mol. The van der Waals surface area contributed by atoms with E-state index in [1.54, 1.807) is 0 Å². The summed E-state index contributed by atoms with van der Waals surface area (Å²) in [6.45, 7) is 4.93. The fourth-order valence-corrected chi connectivity index (χ4v) is 9.73. The Morgan fingerprint density at radius 1 is 0.406 bits per heavy atom. The number of esters is 1. The molecule has 0 aliphatic rings. The monoisotopic (exact) mass is 972 g/mol. The predicted molar refractivity (Wildman–Crippen MR) is 301 cm³/mol. The summed E-state index contributed by atoms with van der Waals surface area (Å²) in [4.78, 5) is 24.6. The number of unbranched alkanes of at least 4 members (excludes halogenated alkanes) is 43. The van der Waals surface area contributed by atoms with E-state index in [-0.39, 0.29) is 18.5 Å². The van der Waals surface area contributed by atoms with Crippen molar-refractivity contribution in [3.8, 4) is 0 Å².